The summed E-state index contributed by atoms with van der Waals surface area (Å²) < 4.78 is 5.57. The van der Waals surface area contributed by atoms with Crippen LogP contribution in [0.5, 0.6) is 0 Å². The lowest BCUT2D eigenvalue weighted by molar-refractivity contribution is 0.00295. The molecule has 1 aromatic carbocycles. The number of anilines is 1. The van der Waals surface area contributed by atoms with Crippen molar-refractivity contribution < 1.29 is 4.74 Å². The highest BCUT2D eigenvalue weighted by molar-refractivity contribution is 5.91. The van der Waals surface area contributed by atoms with Gasteiger partial charge < -0.3 is 10.1 Å². The van der Waals surface area contributed by atoms with Gasteiger partial charge >= 0.3 is 0 Å². The highest BCUT2D eigenvalue weighted by atomic mass is 16.5. The first-order valence-corrected chi connectivity index (χ1v) is 6.58. The fourth-order valence-electron chi connectivity index (χ4n) is 2.48. The number of ether oxygens (including phenoxy) is 1. The highest BCUT2D eigenvalue weighted by Gasteiger charge is 2.29. The molecule has 94 valence electrons. The van der Waals surface area contributed by atoms with Crippen molar-refractivity contribution in [2.75, 3.05) is 11.9 Å². The second kappa shape index (κ2) is 4.94. The molecule has 0 atom stereocenters. The quantitative estimate of drug-likeness (QED) is 0.894. The Hall–Kier alpha value is -1.61. The fraction of sp³-hybridized carbons (Fsp3) is 0.400. The third-order valence-electron chi connectivity index (χ3n) is 3.51. The topological polar surface area (TPSA) is 34.1 Å². The van der Waals surface area contributed by atoms with E-state index in [4.69, 9.17) is 4.74 Å². The Balaban J connectivity index is 1.72. The van der Waals surface area contributed by atoms with E-state index in [1.807, 2.05) is 19.2 Å². The van der Waals surface area contributed by atoms with Crippen LogP contribution in [-0.2, 0) is 4.74 Å². The number of rotatable bonds is 4. The maximum absolute atomic E-state index is 5.57. The Bertz CT molecular complexity index is 530. The molecule has 0 unspecified atom stereocenters. The monoisotopic (exact) mass is 242 g/mol. The Kier molecular flexibility index (Phi) is 3.15. The van der Waals surface area contributed by atoms with Gasteiger partial charge in [-0.3, -0.25) is 0 Å². The molecular weight excluding hydrogens is 224 g/mol. The molecule has 1 saturated carbocycles. The molecule has 0 radical (unpaired) electrons. The van der Waals surface area contributed by atoms with Crippen molar-refractivity contribution in [3.05, 3.63) is 36.5 Å². The van der Waals surface area contributed by atoms with Crippen LogP contribution in [0.3, 0.4) is 0 Å². The number of nitrogens with zero attached hydrogens (tertiary/aromatic N) is 1. The molecule has 1 heterocycles. The van der Waals surface area contributed by atoms with Crippen molar-refractivity contribution in [3.63, 3.8) is 0 Å². The number of pyridine rings is 1. The van der Waals surface area contributed by atoms with E-state index in [9.17, 15) is 0 Å². The van der Waals surface area contributed by atoms with Crippen molar-refractivity contribution >= 4 is 16.6 Å². The summed E-state index contributed by atoms with van der Waals surface area (Å²) in [5, 5.41) is 5.95. The second-order valence-corrected chi connectivity index (χ2v) is 4.77. The van der Waals surface area contributed by atoms with E-state index < -0.39 is 0 Å². The summed E-state index contributed by atoms with van der Waals surface area (Å²) in [6.45, 7) is 2.86. The minimum atomic E-state index is 0.433. The third-order valence-corrected chi connectivity index (χ3v) is 3.51. The third kappa shape index (κ3) is 2.18. The van der Waals surface area contributed by atoms with Crippen LogP contribution < -0.4 is 5.32 Å². The standard InChI is InChI=1S/C15H18N2O/c1-2-18-13-9-12(10-13)17-15-14-6-4-3-5-11(14)7-8-16-15/h3-8,12-13H,2,9-10H2,1H3,(H,16,17). The summed E-state index contributed by atoms with van der Waals surface area (Å²) in [5.41, 5.74) is 0. The van der Waals surface area contributed by atoms with Crippen LogP contribution in [0.4, 0.5) is 5.82 Å². The molecule has 1 fully saturated rings. The molecule has 3 heteroatoms. The van der Waals surface area contributed by atoms with Gasteiger partial charge in [0.15, 0.2) is 0 Å². The first kappa shape index (κ1) is 11.5. The van der Waals surface area contributed by atoms with E-state index in [1.54, 1.807) is 0 Å². The van der Waals surface area contributed by atoms with Crippen LogP contribution in [0.2, 0.25) is 0 Å². The van der Waals surface area contributed by atoms with Crippen molar-refractivity contribution in [1.82, 2.24) is 4.98 Å². The molecule has 0 saturated heterocycles. The maximum Gasteiger partial charge on any atom is 0.134 e. The Morgan fingerprint density at radius 3 is 2.94 bits per heavy atom. The van der Waals surface area contributed by atoms with Gasteiger partial charge in [0.25, 0.3) is 0 Å². The molecule has 18 heavy (non-hydrogen) atoms. The summed E-state index contributed by atoms with van der Waals surface area (Å²) in [7, 11) is 0. The predicted molar refractivity (Wildman–Crippen MR) is 73.8 cm³/mol. The second-order valence-electron chi connectivity index (χ2n) is 4.77. The van der Waals surface area contributed by atoms with Gasteiger partial charge in [-0.1, -0.05) is 24.3 Å². The van der Waals surface area contributed by atoms with Gasteiger partial charge in [0, 0.05) is 24.2 Å². The van der Waals surface area contributed by atoms with Gasteiger partial charge in [0.2, 0.25) is 0 Å². The summed E-state index contributed by atoms with van der Waals surface area (Å²) in [4.78, 5) is 4.45. The molecule has 3 rings (SSSR count). The van der Waals surface area contributed by atoms with E-state index in [-0.39, 0.29) is 0 Å². The van der Waals surface area contributed by atoms with Crippen molar-refractivity contribution in [3.8, 4) is 0 Å². The minimum Gasteiger partial charge on any atom is -0.378 e. The molecule has 3 nitrogen and oxygen atoms in total. The zero-order valence-corrected chi connectivity index (χ0v) is 10.6. The van der Waals surface area contributed by atoms with E-state index in [2.05, 4.69) is 34.6 Å². The first-order chi connectivity index (χ1) is 8.86. The summed E-state index contributed by atoms with van der Waals surface area (Å²) in [5.74, 6) is 0.994. The predicted octanol–water partition coefficient (Wildman–Crippen LogP) is 3.21. The molecule has 0 aliphatic heterocycles. The van der Waals surface area contributed by atoms with Gasteiger partial charge in [0.1, 0.15) is 5.82 Å². The normalized spacial score (nSPS) is 22.7. The first-order valence-electron chi connectivity index (χ1n) is 6.58. The average Bonchev–Trinajstić information content (AvgIpc) is 2.37. The largest absolute Gasteiger partial charge is 0.378 e. The van der Waals surface area contributed by atoms with E-state index >= 15 is 0 Å². The summed E-state index contributed by atoms with van der Waals surface area (Å²) >= 11 is 0. The van der Waals surface area contributed by atoms with Crippen LogP contribution in [0.25, 0.3) is 10.8 Å². The molecule has 1 N–H and O–H groups in total. The Morgan fingerprint density at radius 1 is 1.28 bits per heavy atom. The molecule has 0 spiro atoms. The van der Waals surface area contributed by atoms with E-state index in [0.717, 1.165) is 25.3 Å². The highest BCUT2D eigenvalue weighted by Crippen LogP contribution is 2.28. The van der Waals surface area contributed by atoms with Crippen LogP contribution in [-0.4, -0.2) is 23.7 Å². The smallest absolute Gasteiger partial charge is 0.134 e. The molecule has 0 bridgehead atoms. The fourth-order valence-corrected chi connectivity index (χ4v) is 2.48. The number of nitrogens with one attached hydrogen (secondary N) is 1. The minimum absolute atomic E-state index is 0.433. The zero-order chi connectivity index (χ0) is 12.4. The Morgan fingerprint density at radius 2 is 2.11 bits per heavy atom. The Labute approximate surface area is 107 Å². The van der Waals surface area contributed by atoms with E-state index in [0.29, 0.717) is 12.1 Å². The zero-order valence-electron chi connectivity index (χ0n) is 10.6. The lowest BCUT2D eigenvalue weighted by Gasteiger charge is -2.35. The summed E-state index contributed by atoms with van der Waals surface area (Å²) in [6, 6.07) is 10.9. The SMILES string of the molecule is CCOC1CC(Nc2nccc3ccccc23)C1. The van der Waals surface area contributed by atoms with Gasteiger partial charge in [0.05, 0.1) is 6.10 Å². The van der Waals surface area contributed by atoms with Gasteiger partial charge in [-0.2, -0.15) is 0 Å². The van der Waals surface area contributed by atoms with Crippen LogP contribution in [0.1, 0.15) is 19.8 Å². The molecular formula is C15H18N2O. The lowest BCUT2D eigenvalue weighted by Crippen LogP contribution is -2.41. The average molecular weight is 242 g/mol. The van der Waals surface area contributed by atoms with Crippen molar-refractivity contribution in [1.29, 1.82) is 0 Å². The molecule has 2 aromatic rings. The van der Waals surface area contributed by atoms with Crippen molar-refractivity contribution in [2.24, 2.45) is 0 Å². The van der Waals surface area contributed by atoms with E-state index in [1.165, 1.54) is 10.8 Å². The number of fused-ring (bicyclic) bond motifs is 1. The van der Waals surface area contributed by atoms with Crippen LogP contribution in [0, 0.1) is 0 Å². The molecule has 1 aromatic heterocycles. The van der Waals surface area contributed by atoms with Gasteiger partial charge in [-0.15, -0.1) is 0 Å². The van der Waals surface area contributed by atoms with Gasteiger partial charge in [-0.05, 0) is 31.2 Å². The number of hydrogen-bond acceptors (Lipinski definition) is 3. The molecule has 0 amide bonds. The molecule has 1 aliphatic rings. The van der Waals surface area contributed by atoms with Crippen molar-refractivity contribution in [2.45, 2.75) is 31.9 Å². The van der Waals surface area contributed by atoms with Crippen LogP contribution >= 0.6 is 0 Å². The van der Waals surface area contributed by atoms with Gasteiger partial charge in [-0.25, -0.2) is 4.98 Å². The molecule has 1 aliphatic carbocycles. The maximum atomic E-state index is 5.57. The number of aromatic nitrogens is 1. The van der Waals surface area contributed by atoms with Crippen LogP contribution in [0.15, 0.2) is 36.5 Å². The summed E-state index contributed by atoms with van der Waals surface area (Å²) in [6.07, 6.45) is 4.46. The number of hydrogen-bond donors (Lipinski definition) is 1. The number of benzene rings is 1. The lowest BCUT2D eigenvalue weighted by atomic mass is 9.89.